The number of halogens is 4. The lowest BCUT2D eigenvalue weighted by atomic mass is 10.1. The summed E-state index contributed by atoms with van der Waals surface area (Å²) in [4.78, 5) is 19.2. The predicted octanol–water partition coefficient (Wildman–Crippen LogP) is 4.70. The minimum absolute atomic E-state index is 0.0174. The summed E-state index contributed by atoms with van der Waals surface area (Å²) in [6.07, 6.45) is -3.18. The second kappa shape index (κ2) is 7.55. The molecule has 0 saturated carbocycles. The SMILES string of the molecule is COc1cc2nc(C(Cl)=Cc3cccc(C(F)(F)F)c3)[nH]c(=O)c2cc1OC. The van der Waals surface area contributed by atoms with Crippen LogP contribution >= 0.6 is 11.6 Å². The Bertz CT molecular complexity index is 1120. The van der Waals surface area contributed by atoms with E-state index in [1.54, 1.807) is 0 Å². The Kier molecular flexibility index (Phi) is 5.33. The third-order valence-corrected chi connectivity index (χ3v) is 4.23. The van der Waals surface area contributed by atoms with Crippen molar-refractivity contribution in [2.24, 2.45) is 0 Å². The van der Waals surface area contributed by atoms with Crippen molar-refractivity contribution in [1.82, 2.24) is 9.97 Å². The quantitative estimate of drug-likeness (QED) is 0.677. The lowest BCUT2D eigenvalue weighted by molar-refractivity contribution is -0.137. The lowest BCUT2D eigenvalue weighted by Gasteiger charge is -2.09. The van der Waals surface area contributed by atoms with Crippen molar-refractivity contribution in [2.75, 3.05) is 14.2 Å². The van der Waals surface area contributed by atoms with E-state index in [-0.39, 0.29) is 21.8 Å². The van der Waals surface area contributed by atoms with Gasteiger partial charge in [-0.2, -0.15) is 13.2 Å². The summed E-state index contributed by atoms with van der Waals surface area (Å²) in [7, 11) is 2.88. The van der Waals surface area contributed by atoms with Gasteiger partial charge in [-0.1, -0.05) is 23.7 Å². The van der Waals surface area contributed by atoms with Crippen LogP contribution in [0.2, 0.25) is 0 Å². The molecule has 0 unspecified atom stereocenters. The third kappa shape index (κ3) is 3.96. The van der Waals surface area contributed by atoms with Crippen LogP contribution in [0, 0.1) is 0 Å². The Balaban J connectivity index is 2.08. The molecule has 146 valence electrons. The number of aromatic amines is 1. The zero-order chi connectivity index (χ0) is 20.5. The van der Waals surface area contributed by atoms with Crippen molar-refractivity contribution in [3.05, 3.63) is 63.7 Å². The molecule has 0 fully saturated rings. The molecule has 1 N–H and O–H groups in total. The summed E-state index contributed by atoms with van der Waals surface area (Å²) in [5.74, 6) is 0.751. The largest absolute Gasteiger partial charge is 0.493 e. The molecule has 0 aliphatic rings. The van der Waals surface area contributed by atoms with Crippen LogP contribution in [-0.2, 0) is 6.18 Å². The van der Waals surface area contributed by atoms with E-state index in [2.05, 4.69) is 9.97 Å². The van der Waals surface area contributed by atoms with Gasteiger partial charge in [-0.25, -0.2) is 4.98 Å². The second-order valence-electron chi connectivity index (χ2n) is 5.75. The molecule has 0 saturated heterocycles. The highest BCUT2D eigenvalue weighted by Crippen LogP contribution is 2.32. The van der Waals surface area contributed by atoms with Crippen LogP contribution in [0.3, 0.4) is 0 Å². The number of methoxy groups -OCH3 is 2. The molecule has 0 aliphatic heterocycles. The fourth-order valence-corrected chi connectivity index (χ4v) is 2.81. The van der Waals surface area contributed by atoms with Gasteiger partial charge in [0, 0.05) is 6.07 Å². The van der Waals surface area contributed by atoms with Crippen LogP contribution < -0.4 is 15.0 Å². The van der Waals surface area contributed by atoms with Crippen molar-refractivity contribution in [2.45, 2.75) is 6.18 Å². The van der Waals surface area contributed by atoms with E-state index >= 15 is 0 Å². The molecule has 3 aromatic rings. The standard InChI is InChI=1S/C19H14ClF3N2O3/c1-27-15-8-12-14(9-16(15)28-2)24-17(25-18(12)26)13(20)7-10-4-3-5-11(6-10)19(21,22)23/h3-9H,1-2H3,(H,24,25,26). The molecule has 0 spiro atoms. The third-order valence-electron chi connectivity index (χ3n) is 3.94. The van der Waals surface area contributed by atoms with Crippen LogP contribution in [0.25, 0.3) is 22.0 Å². The Morgan fingerprint density at radius 1 is 1.14 bits per heavy atom. The van der Waals surface area contributed by atoms with E-state index < -0.39 is 17.3 Å². The summed E-state index contributed by atoms with van der Waals surface area (Å²) < 4.78 is 48.9. The maximum Gasteiger partial charge on any atom is 0.416 e. The van der Waals surface area contributed by atoms with Gasteiger partial charge >= 0.3 is 6.18 Å². The summed E-state index contributed by atoms with van der Waals surface area (Å²) >= 11 is 6.20. The molecule has 9 heteroatoms. The number of nitrogens with zero attached hydrogens (tertiary/aromatic N) is 1. The highest BCUT2D eigenvalue weighted by atomic mass is 35.5. The Labute approximate surface area is 162 Å². The van der Waals surface area contributed by atoms with Gasteiger partial charge in [0.15, 0.2) is 17.3 Å². The van der Waals surface area contributed by atoms with Crippen LogP contribution in [0.4, 0.5) is 13.2 Å². The highest BCUT2D eigenvalue weighted by Gasteiger charge is 2.30. The highest BCUT2D eigenvalue weighted by molar-refractivity contribution is 6.50. The first-order valence-corrected chi connectivity index (χ1v) is 8.31. The van der Waals surface area contributed by atoms with Crippen molar-refractivity contribution >= 4 is 33.6 Å². The van der Waals surface area contributed by atoms with Crippen molar-refractivity contribution in [3.8, 4) is 11.5 Å². The number of alkyl halides is 3. The first-order valence-electron chi connectivity index (χ1n) is 7.94. The van der Waals surface area contributed by atoms with E-state index in [1.807, 2.05) is 0 Å². The first kappa shape index (κ1) is 19.8. The Morgan fingerprint density at radius 3 is 2.46 bits per heavy atom. The maximum atomic E-state index is 12.9. The fraction of sp³-hybridized carbons (Fsp3) is 0.158. The van der Waals surface area contributed by atoms with E-state index in [4.69, 9.17) is 21.1 Å². The van der Waals surface area contributed by atoms with Gasteiger partial charge < -0.3 is 14.5 Å². The molecule has 1 heterocycles. The number of hydrogen-bond donors (Lipinski definition) is 1. The van der Waals surface area contributed by atoms with Crippen LogP contribution in [0.5, 0.6) is 11.5 Å². The monoisotopic (exact) mass is 410 g/mol. The van der Waals surface area contributed by atoms with E-state index in [0.29, 0.717) is 17.0 Å². The molecule has 28 heavy (non-hydrogen) atoms. The lowest BCUT2D eigenvalue weighted by Crippen LogP contribution is -2.11. The summed E-state index contributed by atoms with van der Waals surface area (Å²) in [6.45, 7) is 0. The molecule has 0 amide bonds. The number of H-pyrrole nitrogens is 1. The predicted molar refractivity (Wildman–Crippen MR) is 101 cm³/mol. The molecule has 0 bridgehead atoms. The van der Waals surface area contributed by atoms with Crippen LogP contribution in [0.15, 0.2) is 41.2 Å². The molecule has 0 aliphatic carbocycles. The maximum absolute atomic E-state index is 12.9. The molecule has 1 aromatic heterocycles. The minimum Gasteiger partial charge on any atom is -0.493 e. The van der Waals surface area contributed by atoms with Crippen molar-refractivity contribution < 1.29 is 22.6 Å². The van der Waals surface area contributed by atoms with E-state index in [0.717, 1.165) is 12.1 Å². The van der Waals surface area contributed by atoms with Gasteiger partial charge in [0.05, 0.1) is 35.7 Å². The first-order chi connectivity index (χ1) is 13.2. The molecular formula is C19H14ClF3N2O3. The van der Waals surface area contributed by atoms with Gasteiger partial charge in [0.2, 0.25) is 0 Å². The van der Waals surface area contributed by atoms with E-state index in [9.17, 15) is 18.0 Å². The Hall–Kier alpha value is -3.00. The number of benzene rings is 2. The normalized spacial score (nSPS) is 12.3. The van der Waals surface area contributed by atoms with Gasteiger partial charge in [-0.05, 0) is 29.8 Å². The summed E-state index contributed by atoms with van der Waals surface area (Å²) in [5.41, 5.74) is -0.763. The van der Waals surface area contributed by atoms with Gasteiger partial charge in [-0.3, -0.25) is 4.79 Å². The Morgan fingerprint density at radius 2 is 1.82 bits per heavy atom. The van der Waals surface area contributed by atoms with Crippen molar-refractivity contribution in [3.63, 3.8) is 0 Å². The zero-order valence-corrected chi connectivity index (χ0v) is 15.5. The van der Waals surface area contributed by atoms with Gasteiger partial charge in [0.1, 0.15) is 0 Å². The second-order valence-corrected chi connectivity index (χ2v) is 6.16. The van der Waals surface area contributed by atoms with Crippen LogP contribution in [0.1, 0.15) is 17.0 Å². The summed E-state index contributed by atoms with van der Waals surface area (Å²) in [5, 5.41) is 0.234. The van der Waals surface area contributed by atoms with Crippen LogP contribution in [-0.4, -0.2) is 24.2 Å². The average Bonchev–Trinajstić information content (AvgIpc) is 2.66. The molecular weight excluding hydrogens is 397 g/mol. The zero-order valence-electron chi connectivity index (χ0n) is 14.7. The number of rotatable bonds is 4. The number of hydrogen-bond acceptors (Lipinski definition) is 4. The van der Waals surface area contributed by atoms with Gasteiger partial charge in [-0.15, -0.1) is 0 Å². The van der Waals surface area contributed by atoms with Crippen molar-refractivity contribution in [1.29, 1.82) is 0 Å². The smallest absolute Gasteiger partial charge is 0.416 e. The molecule has 2 aromatic carbocycles. The summed E-state index contributed by atoms with van der Waals surface area (Å²) in [6, 6.07) is 7.64. The average molecular weight is 411 g/mol. The topological polar surface area (TPSA) is 64.2 Å². The number of ether oxygens (including phenoxy) is 2. The van der Waals surface area contributed by atoms with Gasteiger partial charge in [0.25, 0.3) is 5.56 Å². The molecule has 3 rings (SSSR count). The molecule has 0 radical (unpaired) electrons. The minimum atomic E-state index is -4.47. The fourth-order valence-electron chi connectivity index (χ4n) is 2.60. The number of fused-ring (bicyclic) bond motifs is 1. The molecule has 0 atom stereocenters. The number of aromatic nitrogens is 2. The molecule has 5 nitrogen and oxygen atoms in total. The van der Waals surface area contributed by atoms with E-state index in [1.165, 1.54) is 44.6 Å². The number of nitrogens with one attached hydrogen (secondary N) is 1.